The highest BCUT2D eigenvalue weighted by molar-refractivity contribution is 5.53. The van der Waals surface area contributed by atoms with Crippen LogP contribution in [0.3, 0.4) is 0 Å². The quantitative estimate of drug-likeness (QED) is 0.798. The lowest BCUT2D eigenvalue weighted by molar-refractivity contribution is 0.259. The molecule has 0 atom stereocenters. The van der Waals surface area contributed by atoms with Crippen LogP contribution in [0.5, 0.6) is 5.75 Å². The molecule has 1 aromatic carbocycles. The molecular formula is C14H21N3O. The Kier molecular flexibility index (Phi) is 3.39. The fourth-order valence-corrected chi connectivity index (χ4v) is 2.63. The maximum Gasteiger partial charge on any atom is 0.124 e. The van der Waals surface area contributed by atoms with Gasteiger partial charge >= 0.3 is 0 Å². The maximum absolute atomic E-state index is 5.79. The van der Waals surface area contributed by atoms with Crippen LogP contribution in [-0.4, -0.2) is 51.3 Å². The zero-order valence-corrected chi connectivity index (χ0v) is 11.0. The Morgan fingerprint density at radius 3 is 2.83 bits per heavy atom. The second kappa shape index (κ2) is 5.16. The molecule has 2 aliphatic heterocycles. The third-order valence-electron chi connectivity index (χ3n) is 3.70. The molecule has 0 bridgehead atoms. The summed E-state index contributed by atoms with van der Waals surface area (Å²) in [5.41, 5.74) is 2.64. The number of hydrogen-bond acceptors (Lipinski definition) is 4. The Labute approximate surface area is 109 Å². The SMILES string of the molecule is CN1CCOc2ccc(N3CCNCC3)cc2C1. The lowest BCUT2D eigenvalue weighted by atomic mass is 10.1. The Hall–Kier alpha value is -1.26. The van der Waals surface area contributed by atoms with Gasteiger partial charge in [-0.25, -0.2) is 0 Å². The third kappa shape index (κ3) is 2.44. The van der Waals surface area contributed by atoms with E-state index < -0.39 is 0 Å². The molecule has 18 heavy (non-hydrogen) atoms. The van der Waals surface area contributed by atoms with Crippen molar-refractivity contribution >= 4 is 5.69 Å². The fraction of sp³-hybridized carbons (Fsp3) is 0.571. The topological polar surface area (TPSA) is 27.7 Å². The summed E-state index contributed by atoms with van der Waals surface area (Å²) in [5, 5.41) is 3.39. The van der Waals surface area contributed by atoms with Gasteiger partial charge in [-0.3, -0.25) is 4.90 Å². The largest absolute Gasteiger partial charge is 0.492 e. The molecule has 2 aliphatic rings. The molecule has 1 aromatic rings. The van der Waals surface area contributed by atoms with E-state index in [0.29, 0.717) is 0 Å². The van der Waals surface area contributed by atoms with Crippen LogP contribution in [0.1, 0.15) is 5.56 Å². The summed E-state index contributed by atoms with van der Waals surface area (Å²) in [6.45, 7) is 7.11. The first-order valence-electron chi connectivity index (χ1n) is 6.73. The van der Waals surface area contributed by atoms with Gasteiger partial charge < -0.3 is 15.0 Å². The zero-order chi connectivity index (χ0) is 12.4. The van der Waals surface area contributed by atoms with Crippen molar-refractivity contribution in [2.75, 3.05) is 51.3 Å². The van der Waals surface area contributed by atoms with Gasteiger partial charge in [0.05, 0.1) is 0 Å². The molecule has 2 heterocycles. The van der Waals surface area contributed by atoms with Crippen molar-refractivity contribution in [1.29, 1.82) is 0 Å². The molecule has 1 N–H and O–H groups in total. The molecule has 98 valence electrons. The van der Waals surface area contributed by atoms with E-state index in [0.717, 1.165) is 51.6 Å². The minimum atomic E-state index is 0.788. The lowest BCUT2D eigenvalue weighted by Gasteiger charge is -2.30. The maximum atomic E-state index is 5.79. The summed E-state index contributed by atoms with van der Waals surface area (Å²) in [7, 11) is 2.15. The number of likely N-dealkylation sites (N-methyl/N-ethyl adjacent to an activating group) is 1. The number of anilines is 1. The van der Waals surface area contributed by atoms with Gasteiger partial charge in [0.2, 0.25) is 0 Å². The van der Waals surface area contributed by atoms with Gasteiger partial charge in [-0.2, -0.15) is 0 Å². The standard InChI is InChI=1S/C14H21N3O/c1-16-8-9-18-14-3-2-13(10-12(14)11-16)17-6-4-15-5-7-17/h2-3,10,15H,4-9,11H2,1H3. The average Bonchev–Trinajstić information content (AvgIpc) is 2.59. The van der Waals surface area contributed by atoms with Gasteiger partial charge in [-0.15, -0.1) is 0 Å². The third-order valence-corrected chi connectivity index (χ3v) is 3.70. The van der Waals surface area contributed by atoms with E-state index in [-0.39, 0.29) is 0 Å². The zero-order valence-electron chi connectivity index (χ0n) is 11.0. The summed E-state index contributed by atoms with van der Waals surface area (Å²) in [6, 6.07) is 6.61. The van der Waals surface area contributed by atoms with Gasteiger partial charge in [-0.1, -0.05) is 0 Å². The van der Waals surface area contributed by atoms with Crippen LogP contribution in [-0.2, 0) is 6.54 Å². The number of rotatable bonds is 1. The second-order valence-electron chi connectivity index (χ2n) is 5.12. The molecule has 0 amide bonds. The number of piperazine rings is 1. The van der Waals surface area contributed by atoms with Crippen LogP contribution in [0.2, 0.25) is 0 Å². The predicted octanol–water partition coefficient (Wildman–Crippen LogP) is 0.920. The Bertz CT molecular complexity index is 416. The molecule has 0 spiro atoms. The number of nitrogens with zero attached hydrogens (tertiary/aromatic N) is 2. The minimum Gasteiger partial charge on any atom is -0.492 e. The summed E-state index contributed by atoms with van der Waals surface area (Å²) < 4.78 is 5.79. The average molecular weight is 247 g/mol. The van der Waals surface area contributed by atoms with Crippen molar-refractivity contribution in [3.63, 3.8) is 0 Å². The highest BCUT2D eigenvalue weighted by Gasteiger charge is 2.16. The van der Waals surface area contributed by atoms with E-state index in [1.54, 1.807) is 0 Å². The number of benzene rings is 1. The molecule has 0 saturated carbocycles. The van der Waals surface area contributed by atoms with Gasteiger partial charge in [0.25, 0.3) is 0 Å². The molecule has 1 saturated heterocycles. The Morgan fingerprint density at radius 1 is 1.17 bits per heavy atom. The van der Waals surface area contributed by atoms with Crippen LogP contribution in [0.15, 0.2) is 18.2 Å². The molecule has 0 aliphatic carbocycles. The van der Waals surface area contributed by atoms with Crippen molar-refractivity contribution in [2.45, 2.75) is 6.54 Å². The summed E-state index contributed by atoms with van der Waals surface area (Å²) >= 11 is 0. The van der Waals surface area contributed by atoms with Crippen LogP contribution < -0.4 is 15.0 Å². The van der Waals surface area contributed by atoms with Crippen LogP contribution in [0.4, 0.5) is 5.69 Å². The van der Waals surface area contributed by atoms with Crippen LogP contribution in [0, 0.1) is 0 Å². The van der Waals surface area contributed by atoms with Crippen molar-refractivity contribution in [3.05, 3.63) is 23.8 Å². The molecule has 1 fully saturated rings. The van der Waals surface area contributed by atoms with Crippen molar-refractivity contribution in [3.8, 4) is 5.75 Å². The van der Waals surface area contributed by atoms with E-state index in [1.165, 1.54) is 11.3 Å². The van der Waals surface area contributed by atoms with E-state index in [1.807, 2.05) is 0 Å². The number of ether oxygens (including phenoxy) is 1. The molecule has 4 heteroatoms. The monoisotopic (exact) mass is 247 g/mol. The molecule has 4 nitrogen and oxygen atoms in total. The van der Waals surface area contributed by atoms with E-state index >= 15 is 0 Å². The normalized spacial score (nSPS) is 21.1. The molecule has 0 radical (unpaired) electrons. The Morgan fingerprint density at radius 2 is 2.00 bits per heavy atom. The van der Waals surface area contributed by atoms with Crippen LogP contribution >= 0.6 is 0 Å². The van der Waals surface area contributed by atoms with Crippen molar-refractivity contribution < 1.29 is 4.74 Å². The van der Waals surface area contributed by atoms with Gasteiger partial charge in [0.15, 0.2) is 0 Å². The smallest absolute Gasteiger partial charge is 0.124 e. The summed E-state index contributed by atoms with van der Waals surface area (Å²) in [5.74, 6) is 1.05. The lowest BCUT2D eigenvalue weighted by Crippen LogP contribution is -2.43. The fourth-order valence-electron chi connectivity index (χ4n) is 2.63. The molecular weight excluding hydrogens is 226 g/mol. The summed E-state index contributed by atoms with van der Waals surface area (Å²) in [4.78, 5) is 4.76. The minimum absolute atomic E-state index is 0.788. The van der Waals surface area contributed by atoms with Crippen LogP contribution in [0.25, 0.3) is 0 Å². The first-order chi connectivity index (χ1) is 8.83. The summed E-state index contributed by atoms with van der Waals surface area (Å²) in [6.07, 6.45) is 0. The first-order valence-corrected chi connectivity index (χ1v) is 6.73. The second-order valence-corrected chi connectivity index (χ2v) is 5.12. The number of nitrogens with one attached hydrogen (secondary N) is 1. The van der Waals surface area contributed by atoms with Gasteiger partial charge in [0.1, 0.15) is 12.4 Å². The number of fused-ring (bicyclic) bond motifs is 1. The van der Waals surface area contributed by atoms with Crippen molar-refractivity contribution in [2.24, 2.45) is 0 Å². The highest BCUT2D eigenvalue weighted by atomic mass is 16.5. The number of hydrogen-bond donors (Lipinski definition) is 1. The Balaban J connectivity index is 1.84. The van der Waals surface area contributed by atoms with Crippen molar-refractivity contribution in [1.82, 2.24) is 10.2 Å². The van der Waals surface area contributed by atoms with Gasteiger partial charge in [0, 0.05) is 50.5 Å². The van der Waals surface area contributed by atoms with E-state index in [4.69, 9.17) is 4.74 Å². The molecule has 0 aromatic heterocycles. The van der Waals surface area contributed by atoms with Gasteiger partial charge in [-0.05, 0) is 25.2 Å². The predicted molar refractivity (Wildman–Crippen MR) is 73.4 cm³/mol. The van der Waals surface area contributed by atoms with E-state index in [9.17, 15) is 0 Å². The first kappa shape index (κ1) is 11.8. The molecule has 0 unspecified atom stereocenters. The highest BCUT2D eigenvalue weighted by Crippen LogP contribution is 2.27. The molecule has 3 rings (SSSR count). The van der Waals surface area contributed by atoms with E-state index in [2.05, 4.69) is 40.4 Å².